The molecule has 0 saturated carbocycles. The Morgan fingerprint density at radius 3 is 2.04 bits per heavy atom. The Balaban J connectivity index is 1.84. The molecule has 19 nitrogen and oxygen atoms in total. The largest absolute Gasteiger partial charge is 0.481 e. The number of aromatic nitrogens is 2. The van der Waals surface area contributed by atoms with Crippen LogP contribution >= 0.6 is 15.6 Å². The van der Waals surface area contributed by atoms with Crippen LogP contribution in [0, 0.1) is 0 Å². The van der Waals surface area contributed by atoms with Crippen molar-refractivity contribution in [3.8, 4) is 0 Å². The highest BCUT2D eigenvalue weighted by molar-refractivity contribution is 7.61. The number of aliphatic hydroxyl groups is 3. The van der Waals surface area contributed by atoms with E-state index >= 15 is 0 Å². The molecule has 21 heteroatoms. The first-order chi connectivity index (χ1) is 33.1. The van der Waals surface area contributed by atoms with Crippen LogP contribution in [0.4, 0.5) is 5.82 Å². The second-order valence-corrected chi connectivity index (χ2v) is 20.2. The van der Waals surface area contributed by atoms with Crippen molar-refractivity contribution < 1.29 is 71.4 Å². The number of anilines is 1. The summed E-state index contributed by atoms with van der Waals surface area (Å²) < 4.78 is 56.7. The van der Waals surface area contributed by atoms with Crippen molar-refractivity contribution >= 4 is 33.4 Å². The van der Waals surface area contributed by atoms with E-state index in [2.05, 4.69) is 47.4 Å². The molecule has 8 atom stereocenters. The monoisotopic (exact) mass is 1020 g/mol. The number of nitrogen functional groups attached to an aromatic ring is 1. The third-order valence-electron chi connectivity index (χ3n) is 11.0. The van der Waals surface area contributed by atoms with Crippen LogP contribution in [0.15, 0.2) is 65.7 Å². The number of carbonyl (C=O) groups is 2. The summed E-state index contributed by atoms with van der Waals surface area (Å²) in [6.07, 6.45) is 29.2. The standard InChI is InChI=1S/C48H81N3O16P2/c1-3-5-7-9-11-12-13-14-15-16-17-18-20-24-28-32-43(53)62-36-40(65-44(54)33-29-25-21-23-27-31-39(52)30-26-22-19-10-8-6-4-2)37-63-68(58,59)67-69(60,61)64-38-41-45(55)46(56)47(66-41)51-35-34-42(49)50-48(51)57/h6,8,12-13,19,22,26,30,34-35,39-41,45-47,52,55-56H,3-5,7,9-11,14-18,20-21,23-25,27-29,31-33,36-38H2,1-2H3,(H,58,59)(H,60,61)(H2,49,50,57)/b8-6+,13-12-,22-19+,30-26+/t39?,40-,41-,45-,46-,47-/m1/s1. The zero-order valence-electron chi connectivity index (χ0n) is 40.7. The van der Waals surface area contributed by atoms with Gasteiger partial charge < -0.3 is 45.1 Å². The second-order valence-electron chi connectivity index (χ2n) is 17.1. The number of allylic oxidation sites excluding steroid dienone is 7. The lowest BCUT2D eigenvalue weighted by atomic mass is 10.1. The summed E-state index contributed by atoms with van der Waals surface area (Å²) in [5.41, 5.74) is 4.57. The smallest absolute Gasteiger partial charge is 0.462 e. The van der Waals surface area contributed by atoms with Crippen LogP contribution in [0.25, 0.3) is 0 Å². The lowest BCUT2D eigenvalue weighted by Gasteiger charge is -2.21. The van der Waals surface area contributed by atoms with Crippen LogP contribution in [0.5, 0.6) is 0 Å². The van der Waals surface area contributed by atoms with Crippen molar-refractivity contribution in [1.82, 2.24) is 9.55 Å². The fourth-order valence-corrected chi connectivity index (χ4v) is 9.25. The number of hydrogen-bond acceptors (Lipinski definition) is 16. The minimum absolute atomic E-state index is 0.0213. The Bertz CT molecular complexity index is 1860. The van der Waals surface area contributed by atoms with E-state index in [-0.39, 0.29) is 18.7 Å². The highest BCUT2D eigenvalue weighted by Gasteiger charge is 2.46. The first kappa shape index (κ1) is 61.8. The van der Waals surface area contributed by atoms with Crippen molar-refractivity contribution in [1.29, 1.82) is 0 Å². The first-order valence-corrected chi connectivity index (χ1v) is 27.7. The summed E-state index contributed by atoms with van der Waals surface area (Å²) in [6, 6.07) is 1.24. The maximum Gasteiger partial charge on any atom is 0.481 e. The van der Waals surface area contributed by atoms with Crippen molar-refractivity contribution in [3.05, 3.63) is 71.4 Å². The van der Waals surface area contributed by atoms with E-state index in [0.717, 1.165) is 94.2 Å². The molecule has 3 unspecified atom stereocenters. The zero-order valence-corrected chi connectivity index (χ0v) is 42.5. The van der Waals surface area contributed by atoms with Gasteiger partial charge in [-0.15, -0.1) is 0 Å². The third kappa shape index (κ3) is 29.6. The SMILES string of the molecule is CC/C=C/C/C=C/C=C/C(O)CCCCCCCC(=O)O[C@H](COC(=O)CCCCCCCCC/C=C\CCCCCC)COP(=O)(O)OP(=O)(O)OC[C@H]1O[C@@H](n2ccc(N)nc2=O)[C@H](O)[C@@H]1O. The summed E-state index contributed by atoms with van der Waals surface area (Å²) in [5.74, 6) is -1.38. The molecule has 2 heterocycles. The summed E-state index contributed by atoms with van der Waals surface area (Å²) in [6.45, 7) is 1.91. The molecule has 1 aliphatic heterocycles. The van der Waals surface area contributed by atoms with Gasteiger partial charge in [-0.1, -0.05) is 140 Å². The van der Waals surface area contributed by atoms with Crippen LogP contribution < -0.4 is 11.4 Å². The summed E-state index contributed by atoms with van der Waals surface area (Å²) >= 11 is 0. The van der Waals surface area contributed by atoms with Crippen molar-refractivity contribution in [2.75, 3.05) is 25.6 Å². The predicted molar refractivity (Wildman–Crippen MR) is 262 cm³/mol. The van der Waals surface area contributed by atoms with E-state index in [1.54, 1.807) is 6.08 Å². The lowest BCUT2D eigenvalue weighted by Crippen LogP contribution is -2.36. The molecule has 0 radical (unpaired) electrons. The number of hydrogen-bond donors (Lipinski definition) is 6. The van der Waals surface area contributed by atoms with Crippen LogP contribution in [-0.2, 0) is 46.3 Å². The number of ether oxygens (including phenoxy) is 3. The average Bonchev–Trinajstić information content (AvgIpc) is 3.58. The Morgan fingerprint density at radius 1 is 0.783 bits per heavy atom. The molecule has 69 heavy (non-hydrogen) atoms. The molecule has 1 saturated heterocycles. The molecule has 1 fully saturated rings. The Hall–Kier alpha value is -3.32. The van der Waals surface area contributed by atoms with Gasteiger partial charge in [0.25, 0.3) is 0 Å². The Kier molecular flexibility index (Phi) is 32.8. The summed E-state index contributed by atoms with van der Waals surface area (Å²) in [5, 5.41) is 31.1. The van der Waals surface area contributed by atoms with Crippen LogP contribution in [0.1, 0.15) is 168 Å². The van der Waals surface area contributed by atoms with Gasteiger partial charge in [0, 0.05) is 19.0 Å². The number of nitrogens with two attached hydrogens (primary N) is 1. The molecule has 1 aromatic heterocycles. The highest BCUT2D eigenvalue weighted by Crippen LogP contribution is 2.60. The molecule has 0 aromatic carbocycles. The number of esters is 2. The van der Waals surface area contributed by atoms with Crippen LogP contribution in [0.3, 0.4) is 0 Å². The van der Waals surface area contributed by atoms with Gasteiger partial charge in [-0.05, 0) is 63.9 Å². The van der Waals surface area contributed by atoms with Gasteiger partial charge in [-0.2, -0.15) is 9.29 Å². The molecule has 7 N–H and O–H groups in total. The number of nitrogens with zero attached hydrogens (tertiary/aromatic N) is 2. The fourth-order valence-electron chi connectivity index (χ4n) is 7.14. The average molecular weight is 1020 g/mol. The maximum atomic E-state index is 12.8. The molecular formula is C48H81N3O16P2. The number of phosphoric ester groups is 2. The van der Waals surface area contributed by atoms with E-state index in [4.69, 9.17) is 29.0 Å². The molecule has 0 amide bonds. The van der Waals surface area contributed by atoms with E-state index < -0.39 is 89.8 Å². The Morgan fingerprint density at radius 2 is 1.39 bits per heavy atom. The van der Waals surface area contributed by atoms with Gasteiger partial charge in [0.15, 0.2) is 12.3 Å². The van der Waals surface area contributed by atoms with Gasteiger partial charge in [-0.25, -0.2) is 13.9 Å². The number of unbranched alkanes of at least 4 members (excludes halogenated alkanes) is 15. The Labute approximate surface area is 408 Å². The van der Waals surface area contributed by atoms with Crippen molar-refractivity contribution in [2.24, 2.45) is 0 Å². The molecule has 0 aliphatic carbocycles. The number of carbonyl (C=O) groups excluding carboxylic acids is 2. The minimum Gasteiger partial charge on any atom is -0.462 e. The molecule has 2 rings (SSSR count). The zero-order chi connectivity index (χ0) is 50.8. The maximum absolute atomic E-state index is 12.8. The normalized spacial score (nSPS) is 20.2. The quantitative estimate of drug-likeness (QED) is 0.0118. The van der Waals surface area contributed by atoms with Gasteiger partial charge in [-0.3, -0.25) is 23.2 Å². The third-order valence-corrected chi connectivity index (χ3v) is 13.6. The van der Waals surface area contributed by atoms with Crippen LogP contribution in [0.2, 0.25) is 0 Å². The number of phosphoric acid groups is 2. The molecule has 1 aliphatic rings. The van der Waals surface area contributed by atoms with Crippen molar-refractivity contribution in [3.63, 3.8) is 0 Å². The van der Waals surface area contributed by atoms with Crippen molar-refractivity contribution in [2.45, 2.75) is 198 Å². The number of aliphatic hydroxyl groups excluding tert-OH is 3. The van der Waals surface area contributed by atoms with E-state index in [0.29, 0.717) is 25.7 Å². The summed E-state index contributed by atoms with van der Waals surface area (Å²) in [7, 11) is -10.9. The lowest BCUT2D eigenvalue weighted by molar-refractivity contribution is -0.161. The van der Waals surface area contributed by atoms with Gasteiger partial charge in [0.2, 0.25) is 0 Å². The molecular weight excluding hydrogens is 936 g/mol. The van der Waals surface area contributed by atoms with E-state index in [1.807, 2.05) is 18.2 Å². The molecule has 0 bridgehead atoms. The minimum atomic E-state index is -5.44. The van der Waals surface area contributed by atoms with Gasteiger partial charge >= 0.3 is 33.3 Å². The molecule has 394 valence electrons. The van der Waals surface area contributed by atoms with Gasteiger partial charge in [0.05, 0.1) is 19.3 Å². The highest BCUT2D eigenvalue weighted by atomic mass is 31.3. The fraction of sp³-hybridized carbons (Fsp3) is 0.708. The molecule has 0 spiro atoms. The van der Waals surface area contributed by atoms with E-state index in [9.17, 15) is 48.6 Å². The summed E-state index contributed by atoms with van der Waals surface area (Å²) in [4.78, 5) is 61.9. The topological polar surface area (TPSA) is 286 Å². The number of rotatable bonds is 40. The second kappa shape index (κ2) is 36.6. The van der Waals surface area contributed by atoms with E-state index in [1.165, 1.54) is 31.7 Å². The molecule has 1 aromatic rings. The van der Waals surface area contributed by atoms with Crippen LogP contribution in [-0.4, -0.2) is 96.9 Å². The van der Waals surface area contributed by atoms with Gasteiger partial charge in [0.1, 0.15) is 30.7 Å². The predicted octanol–water partition coefficient (Wildman–Crippen LogP) is 8.75. The first-order valence-electron chi connectivity index (χ1n) is 24.8.